The summed E-state index contributed by atoms with van der Waals surface area (Å²) in [6.07, 6.45) is 0.182. The number of nitriles is 1. The highest BCUT2D eigenvalue weighted by molar-refractivity contribution is 5.76. The molecule has 18 heavy (non-hydrogen) atoms. The van der Waals surface area contributed by atoms with Crippen molar-refractivity contribution >= 4 is 17.0 Å². The molecule has 1 atom stereocenters. The Morgan fingerprint density at radius 2 is 2.28 bits per heavy atom. The molecule has 5 heteroatoms. The van der Waals surface area contributed by atoms with E-state index >= 15 is 0 Å². The number of benzene rings is 1. The van der Waals surface area contributed by atoms with E-state index in [9.17, 15) is 4.79 Å². The monoisotopic (exact) mass is 243 g/mol. The third-order valence-corrected chi connectivity index (χ3v) is 2.85. The average molecular weight is 243 g/mol. The topological polar surface area (TPSA) is 78.9 Å². The fraction of sp³-hybridized carbons (Fsp3) is 0.308. The number of carboxylic acids is 1. The molecule has 0 saturated heterocycles. The van der Waals surface area contributed by atoms with Crippen LogP contribution in [0.1, 0.15) is 12.7 Å². The highest BCUT2D eigenvalue weighted by Crippen LogP contribution is 2.18. The normalized spacial score (nSPS) is 12.2. The molecule has 1 unspecified atom stereocenters. The number of rotatable bonds is 4. The molecule has 1 aromatic heterocycles. The van der Waals surface area contributed by atoms with Crippen LogP contribution in [0.15, 0.2) is 24.3 Å². The molecule has 0 amide bonds. The van der Waals surface area contributed by atoms with Gasteiger partial charge in [0, 0.05) is 6.54 Å². The largest absolute Gasteiger partial charge is 0.481 e. The molecule has 0 bridgehead atoms. The standard InChI is InChI=1S/C13H13N3O2/c1-9(13(17)18)8-16-11-5-3-2-4-10(11)15-12(16)6-7-14/h2-5,9H,6,8H2,1H3,(H,17,18). The van der Waals surface area contributed by atoms with Gasteiger partial charge in [-0.2, -0.15) is 5.26 Å². The molecule has 2 aromatic rings. The molecule has 0 aliphatic heterocycles. The summed E-state index contributed by atoms with van der Waals surface area (Å²) in [5.74, 6) is -0.748. The molecule has 1 aromatic carbocycles. The molecule has 2 rings (SSSR count). The number of para-hydroxylation sites is 2. The van der Waals surface area contributed by atoms with E-state index in [2.05, 4.69) is 11.1 Å². The van der Waals surface area contributed by atoms with Crippen molar-refractivity contribution in [3.05, 3.63) is 30.1 Å². The fourth-order valence-corrected chi connectivity index (χ4v) is 1.89. The van der Waals surface area contributed by atoms with Crippen LogP contribution in [0.4, 0.5) is 0 Å². The molecule has 1 heterocycles. The van der Waals surface area contributed by atoms with Gasteiger partial charge in [-0.05, 0) is 12.1 Å². The summed E-state index contributed by atoms with van der Waals surface area (Å²) >= 11 is 0. The zero-order valence-corrected chi connectivity index (χ0v) is 10.00. The first-order chi connectivity index (χ1) is 8.63. The number of nitrogens with zero attached hydrogens (tertiary/aromatic N) is 3. The molecule has 0 aliphatic rings. The van der Waals surface area contributed by atoms with Gasteiger partial charge < -0.3 is 9.67 Å². The maximum Gasteiger partial charge on any atom is 0.308 e. The molecule has 92 valence electrons. The first-order valence-electron chi connectivity index (χ1n) is 5.67. The lowest BCUT2D eigenvalue weighted by molar-refractivity contribution is -0.141. The van der Waals surface area contributed by atoms with Gasteiger partial charge in [-0.15, -0.1) is 0 Å². The van der Waals surface area contributed by atoms with Crippen molar-refractivity contribution in [3.63, 3.8) is 0 Å². The summed E-state index contributed by atoms with van der Waals surface area (Å²) in [5.41, 5.74) is 1.66. The van der Waals surface area contributed by atoms with Crippen molar-refractivity contribution in [1.82, 2.24) is 9.55 Å². The molecule has 0 aliphatic carbocycles. The second kappa shape index (κ2) is 4.88. The van der Waals surface area contributed by atoms with Crippen molar-refractivity contribution in [3.8, 4) is 6.07 Å². The van der Waals surface area contributed by atoms with Gasteiger partial charge in [0.1, 0.15) is 5.82 Å². The highest BCUT2D eigenvalue weighted by Gasteiger charge is 2.16. The maximum atomic E-state index is 10.9. The Morgan fingerprint density at radius 3 is 2.94 bits per heavy atom. The van der Waals surface area contributed by atoms with E-state index in [1.807, 2.05) is 28.8 Å². The number of carbonyl (C=O) groups is 1. The van der Waals surface area contributed by atoms with Crippen molar-refractivity contribution in [2.45, 2.75) is 19.9 Å². The van der Waals surface area contributed by atoms with Gasteiger partial charge >= 0.3 is 5.97 Å². The Hall–Kier alpha value is -2.35. The van der Waals surface area contributed by atoms with Crippen LogP contribution in [-0.4, -0.2) is 20.6 Å². The van der Waals surface area contributed by atoms with Crippen molar-refractivity contribution in [2.24, 2.45) is 5.92 Å². The summed E-state index contributed by atoms with van der Waals surface area (Å²) < 4.78 is 1.82. The van der Waals surface area contributed by atoms with Crippen LogP contribution < -0.4 is 0 Å². The van der Waals surface area contributed by atoms with E-state index in [-0.39, 0.29) is 6.42 Å². The van der Waals surface area contributed by atoms with Gasteiger partial charge in [-0.25, -0.2) is 4.98 Å². The van der Waals surface area contributed by atoms with Gasteiger partial charge in [0.25, 0.3) is 0 Å². The van der Waals surface area contributed by atoms with E-state index in [1.54, 1.807) is 6.92 Å². The average Bonchev–Trinajstić information content (AvgIpc) is 2.68. The summed E-state index contributed by atoms with van der Waals surface area (Å²) in [6, 6.07) is 9.55. The highest BCUT2D eigenvalue weighted by atomic mass is 16.4. The zero-order chi connectivity index (χ0) is 13.1. The fourth-order valence-electron chi connectivity index (χ4n) is 1.89. The van der Waals surface area contributed by atoms with Crippen LogP contribution in [0.3, 0.4) is 0 Å². The third-order valence-electron chi connectivity index (χ3n) is 2.85. The molecular formula is C13H13N3O2. The van der Waals surface area contributed by atoms with E-state index in [4.69, 9.17) is 10.4 Å². The van der Waals surface area contributed by atoms with Gasteiger partial charge in [-0.1, -0.05) is 19.1 Å². The number of carboxylic acid groups (broad SMARTS) is 1. The van der Waals surface area contributed by atoms with Crippen LogP contribution in [0.5, 0.6) is 0 Å². The predicted molar refractivity (Wildman–Crippen MR) is 65.8 cm³/mol. The van der Waals surface area contributed by atoms with E-state index in [0.29, 0.717) is 12.4 Å². The molecule has 0 fully saturated rings. The number of imidazole rings is 1. The summed E-state index contributed by atoms with van der Waals surface area (Å²) in [7, 11) is 0. The lowest BCUT2D eigenvalue weighted by atomic mass is 10.2. The lowest BCUT2D eigenvalue weighted by Crippen LogP contribution is -2.18. The van der Waals surface area contributed by atoms with E-state index in [0.717, 1.165) is 11.0 Å². The van der Waals surface area contributed by atoms with Crippen LogP contribution in [0.25, 0.3) is 11.0 Å². The zero-order valence-electron chi connectivity index (χ0n) is 10.00. The maximum absolute atomic E-state index is 10.9. The second-order valence-electron chi connectivity index (χ2n) is 4.20. The number of hydrogen-bond acceptors (Lipinski definition) is 3. The van der Waals surface area contributed by atoms with Crippen LogP contribution in [0, 0.1) is 17.2 Å². The summed E-state index contributed by atoms with van der Waals surface area (Å²) in [4.78, 5) is 15.3. The Morgan fingerprint density at radius 1 is 1.56 bits per heavy atom. The van der Waals surface area contributed by atoms with Crippen LogP contribution in [-0.2, 0) is 17.8 Å². The van der Waals surface area contributed by atoms with Gasteiger partial charge in [0.15, 0.2) is 0 Å². The Kier molecular flexibility index (Phi) is 3.28. The second-order valence-corrected chi connectivity index (χ2v) is 4.20. The van der Waals surface area contributed by atoms with E-state index in [1.165, 1.54) is 0 Å². The van der Waals surface area contributed by atoms with Crippen molar-refractivity contribution in [1.29, 1.82) is 5.26 Å². The minimum atomic E-state index is -0.851. The predicted octanol–water partition coefficient (Wildman–Crippen LogP) is 1.82. The first kappa shape index (κ1) is 12.1. The van der Waals surface area contributed by atoms with Gasteiger partial charge in [0.2, 0.25) is 0 Å². The Bertz CT molecular complexity index is 625. The molecule has 0 saturated carbocycles. The smallest absolute Gasteiger partial charge is 0.308 e. The van der Waals surface area contributed by atoms with Gasteiger partial charge in [0.05, 0.1) is 29.4 Å². The molecule has 0 radical (unpaired) electrons. The summed E-state index contributed by atoms with van der Waals surface area (Å²) in [5, 5.41) is 17.8. The third kappa shape index (κ3) is 2.18. The van der Waals surface area contributed by atoms with Crippen molar-refractivity contribution < 1.29 is 9.90 Å². The SMILES string of the molecule is CC(Cn1c(CC#N)nc2ccccc21)C(=O)O. The molecular weight excluding hydrogens is 230 g/mol. The number of fused-ring (bicyclic) bond motifs is 1. The summed E-state index contributed by atoms with van der Waals surface area (Å²) in [6.45, 7) is 1.97. The van der Waals surface area contributed by atoms with Gasteiger partial charge in [-0.3, -0.25) is 4.79 Å². The molecule has 0 spiro atoms. The Labute approximate surface area is 104 Å². The Balaban J connectivity index is 2.48. The quantitative estimate of drug-likeness (QED) is 0.888. The minimum Gasteiger partial charge on any atom is -0.481 e. The first-order valence-corrected chi connectivity index (χ1v) is 5.67. The van der Waals surface area contributed by atoms with Crippen LogP contribution >= 0.6 is 0 Å². The number of aromatic nitrogens is 2. The van der Waals surface area contributed by atoms with Crippen LogP contribution in [0.2, 0.25) is 0 Å². The minimum absolute atomic E-state index is 0.182. The molecule has 5 nitrogen and oxygen atoms in total. The number of hydrogen-bond donors (Lipinski definition) is 1. The van der Waals surface area contributed by atoms with E-state index < -0.39 is 11.9 Å². The lowest BCUT2D eigenvalue weighted by Gasteiger charge is -2.10. The van der Waals surface area contributed by atoms with Crippen molar-refractivity contribution in [2.75, 3.05) is 0 Å². The molecule has 1 N–H and O–H groups in total. The number of aliphatic carboxylic acids is 1.